The molecule has 0 radical (unpaired) electrons. The highest BCUT2D eigenvalue weighted by molar-refractivity contribution is 9.10. The number of hydrogen-bond donors (Lipinski definition) is 1. The van der Waals surface area contributed by atoms with E-state index in [0.717, 1.165) is 12.1 Å². The molecule has 1 heterocycles. The standard InChI is InChI=1S/C11H11BrFN5O2/c1-2-17-6-15-16-11(17)5-14-9-4-8(13)7(12)3-10(9)18(19)20/h3-4,6,14H,2,5H2,1H3. The summed E-state index contributed by atoms with van der Waals surface area (Å²) in [6.45, 7) is 2.82. The van der Waals surface area contributed by atoms with E-state index in [1.807, 2.05) is 6.92 Å². The van der Waals surface area contributed by atoms with Crippen molar-refractivity contribution in [2.45, 2.75) is 20.0 Å². The number of nitrogens with zero attached hydrogens (tertiary/aromatic N) is 4. The maximum Gasteiger partial charge on any atom is 0.293 e. The van der Waals surface area contributed by atoms with E-state index in [-0.39, 0.29) is 22.4 Å². The molecule has 0 aliphatic carbocycles. The summed E-state index contributed by atoms with van der Waals surface area (Å²) in [6, 6.07) is 2.21. The second-order valence-corrected chi connectivity index (χ2v) is 4.78. The highest BCUT2D eigenvalue weighted by Crippen LogP contribution is 2.30. The van der Waals surface area contributed by atoms with Crippen LogP contribution < -0.4 is 5.32 Å². The smallest absolute Gasteiger partial charge is 0.293 e. The fourth-order valence-electron chi connectivity index (χ4n) is 1.68. The predicted octanol–water partition coefficient (Wildman–Crippen LogP) is 2.72. The van der Waals surface area contributed by atoms with Crippen molar-refractivity contribution < 1.29 is 9.31 Å². The number of benzene rings is 1. The first kappa shape index (κ1) is 14.4. The molecule has 2 aromatic rings. The molecule has 20 heavy (non-hydrogen) atoms. The molecule has 0 aliphatic rings. The van der Waals surface area contributed by atoms with E-state index in [1.54, 1.807) is 10.9 Å². The van der Waals surface area contributed by atoms with Gasteiger partial charge in [-0.3, -0.25) is 10.1 Å². The van der Waals surface area contributed by atoms with E-state index in [1.165, 1.54) is 0 Å². The number of rotatable bonds is 5. The minimum Gasteiger partial charge on any atom is -0.372 e. The van der Waals surface area contributed by atoms with Crippen LogP contribution in [0.2, 0.25) is 0 Å². The Hall–Kier alpha value is -2.03. The number of nitro groups is 1. The summed E-state index contributed by atoms with van der Waals surface area (Å²) in [5.41, 5.74) is -0.109. The van der Waals surface area contributed by atoms with Gasteiger partial charge in [-0.2, -0.15) is 0 Å². The number of anilines is 1. The largest absolute Gasteiger partial charge is 0.372 e. The molecule has 0 spiro atoms. The van der Waals surface area contributed by atoms with Crippen molar-refractivity contribution in [1.29, 1.82) is 0 Å². The molecule has 0 bridgehead atoms. The van der Waals surface area contributed by atoms with Gasteiger partial charge in [0.2, 0.25) is 0 Å². The molecule has 0 saturated carbocycles. The van der Waals surface area contributed by atoms with Crippen LogP contribution in [0.5, 0.6) is 0 Å². The molecule has 1 N–H and O–H groups in total. The molecular formula is C11H11BrFN5O2. The zero-order chi connectivity index (χ0) is 14.7. The number of nitro benzene ring substituents is 1. The zero-order valence-corrected chi connectivity index (χ0v) is 12.1. The van der Waals surface area contributed by atoms with Crippen LogP contribution in [0.3, 0.4) is 0 Å². The van der Waals surface area contributed by atoms with Crippen molar-refractivity contribution in [1.82, 2.24) is 14.8 Å². The second-order valence-electron chi connectivity index (χ2n) is 3.93. The average molecular weight is 344 g/mol. The maximum atomic E-state index is 13.5. The summed E-state index contributed by atoms with van der Waals surface area (Å²) in [4.78, 5) is 10.4. The van der Waals surface area contributed by atoms with Crippen molar-refractivity contribution >= 4 is 27.3 Å². The molecule has 1 aromatic heterocycles. The van der Waals surface area contributed by atoms with Gasteiger partial charge in [-0.1, -0.05) is 0 Å². The Morgan fingerprint density at radius 3 is 2.95 bits per heavy atom. The Balaban J connectivity index is 2.25. The van der Waals surface area contributed by atoms with Crippen LogP contribution in [0.4, 0.5) is 15.8 Å². The predicted molar refractivity (Wildman–Crippen MR) is 73.8 cm³/mol. The topological polar surface area (TPSA) is 85.9 Å². The Labute approximate surface area is 122 Å². The summed E-state index contributed by atoms with van der Waals surface area (Å²) in [6.07, 6.45) is 1.56. The number of halogens is 2. The van der Waals surface area contributed by atoms with Crippen LogP contribution >= 0.6 is 15.9 Å². The van der Waals surface area contributed by atoms with Crippen molar-refractivity contribution in [3.05, 3.63) is 44.7 Å². The average Bonchev–Trinajstić information content (AvgIpc) is 2.86. The molecule has 1 aromatic carbocycles. The first-order valence-corrected chi connectivity index (χ1v) is 6.56. The summed E-state index contributed by atoms with van der Waals surface area (Å²) < 4.78 is 15.3. The molecule has 0 fully saturated rings. The van der Waals surface area contributed by atoms with Gasteiger partial charge in [0.25, 0.3) is 5.69 Å². The molecule has 9 heteroatoms. The van der Waals surface area contributed by atoms with Gasteiger partial charge in [0.05, 0.1) is 15.9 Å². The number of aromatic nitrogens is 3. The van der Waals surface area contributed by atoms with Crippen LogP contribution in [0.15, 0.2) is 22.9 Å². The van der Waals surface area contributed by atoms with Crippen LogP contribution in [0.25, 0.3) is 0 Å². The fourth-order valence-corrected chi connectivity index (χ4v) is 2.01. The SMILES string of the molecule is CCn1cnnc1CNc1cc(F)c(Br)cc1[N+](=O)[O-]. The summed E-state index contributed by atoms with van der Waals surface area (Å²) >= 11 is 2.93. The van der Waals surface area contributed by atoms with Gasteiger partial charge in [-0.05, 0) is 22.9 Å². The molecule has 0 unspecified atom stereocenters. The van der Waals surface area contributed by atoms with Crippen molar-refractivity contribution in [3.63, 3.8) is 0 Å². The highest BCUT2D eigenvalue weighted by Gasteiger charge is 2.17. The van der Waals surface area contributed by atoms with Gasteiger partial charge in [-0.25, -0.2) is 4.39 Å². The van der Waals surface area contributed by atoms with Crippen molar-refractivity contribution in [3.8, 4) is 0 Å². The quantitative estimate of drug-likeness (QED) is 0.666. The zero-order valence-electron chi connectivity index (χ0n) is 10.5. The third-order valence-corrected chi connectivity index (χ3v) is 3.32. The Kier molecular flexibility index (Phi) is 4.28. The minimum absolute atomic E-state index is 0.0477. The van der Waals surface area contributed by atoms with Gasteiger partial charge in [0.1, 0.15) is 17.8 Å². The molecule has 0 saturated heterocycles. The first-order valence-electron chi connectivity index (χ1n) is 5.77. The lowest BCUT2D eigenvalue weighted by molar-refractivity contribution is -0.384. The van der Waals surface area contributed by atoms with E-state index in [0.29, 0.717) is 12.4 Å². The molecule has 0 aliphatic heterocycles. The number of hydrogen-bond acceptors (Lipinski definition) is 5. The Morgan fingerprint density at radius 1 is 1.55 bits per heavy atom. The number of nitrogens with one attached hydrogen (secondary N) is 1. The third kappa shape index (κ3) is 2.93. The van der Waals surface area contributed by atoms with Gasteiger partial charge in [-0.15, -0.1) is 10.2 Å². The lowest BCUT2D eigenvalue weighted by Gasteiger charge is -2.08. The van der Waals surface area contributed by atoms with E-state index in [2.05, 4.69) is 31.4 Å². The lowest BCUT2D eigenvalue weighted by Crippen LogP contribution is -2.09. The lowest BCUT2D eigenvalue weighted by atomic mass is 10.2. The molecule has 7 nitrogen and oxygen atoms in total. The molecule has 2 rings (SSSR count). The fraction of sp³-hybridized carbons (Fsp3) is 0.273. The van der Waals surface area contributed by atoms with Crippen molar-refractivity contribution in [2.24, 2.45) is 0 Å². The normalized spacial score (nSPS) is 10.6. The van der Waals surface area contributed by atoms with Crippen LogP contribution in [0, 0.1) is 15.9 Å². The van der Waals surface area contributed by atoms with Crippen molar-refractivity contribution in [2.75, 3.05) is 5.32 Å². The Morgan fingerprint density at radius 2 is 2.30 bits per heavy atom. The van der Waals surface area contributed by atoms with E-state index < -0.39 is 10.7 Å². The van der Waals surface area contributed by atoms with Gasteiger partial charge in [0.15, 0.2) is 5.82 Å². The van der Waals surface area contributed by atoms with Gasteiger partial charge >= 0.3 is 0 Å². The molecule has 106 valence electrons. The summed E-state index contributed by atoms with van der Waals surface area (Å²) in [5, 5.41) is 21.4. The second kappa shape index (κ2) is 5.95. The van der Waals surface area contributed by atoms with Crippen LogP contribution in [0.1, 0.15) is 12.7 Å². The van der Waals surface area contributed by atoms with Gasteiger partial charge in [0, 0.05) is 18.7 Å². The van der Waals surface area contributed by atoms with E-state index in [4.69, 9.17) is 0 Å². The molecular weight excluding hydrogens is 333 g/mol. The summed E-state index contributed by atoms with van der Waals surface area (Å²) in [7, 11) is 0. The number of aryl methyl sites for hydroxylation is 1. The highest BCUT2D eigenvalue weighted by atomic mass is 79.9. The minimum atomic E-state index is -0.574. The first-order chi connectivity index (χ1) is 9.52. The monoisotopic (exact) mass is 343 g/mol. The molecule has 0 amide bonds. The van der Waals surface area contributed by atoms with Crippen LogP contribution in [-0.2, 0) is 13.1 Å². The molecule has 0 atom stereocenters. The Bertz CT molecular complexity index is 646. The third-order valence-electron chi connectivity index (χ3n) is 2.71. The summed E-state index contributed by atoms with van der Waals surface area (Å²) in [5.74, 6) is 0.0418. The maximum absolute atomic E-state index is 13.5. The van der Waals surface area contributed by atoms with Gasteiger partial charge < -0.3 is 9.88 Å². The van der Waals surface area contributed by atoms with E-state index in [9.17, 15) is 14.5 Å². The van der Waals surface area contributed by atoms with E-state index >= 15 is 0 Å². The van der Waals surface area contributed by atoms with Crippen LogP contribution in [-0.4, -0.2) is 19.7 Å².